The van der Waals surface area contributed by atoms with Gasteiger partial charge in [-0.3, -0.25) is 4.90 Å². The predicted octanol–water partition coefficient (Wildman–Crippen LogP) is 2.68. The first kappa shape index (κ1) is 8.97. The summed E-state index contributed by atoms with van der Waals surface area (Å²) in [6.07, 6.45) is 1.24. The van der Waals surface area contributed by atoms with Gasteiger partial charge in [0, 0.05) is 11.6 Å². The molecule has 1 aromatic rings. The van der Waals surface area contributed by atoms with Crippen molar-refractivity contribution in [3.63, 3.8) is 0 Å². The highest BCUT2D eigenvalue weighted by molar-refractivity contribution is 6.31. The van der Waals surface area contributed by atoms with Crippen LogP contribution in [0.15, 0.2) is 18.2 Å². The first-order valence-electron chi connectivity index (χ1n) is 4.42. The van der Waals surface area contributed by atoms with Crippen LogP contribution in [0.1, 0.15) is 12.0 Å². The van der Waals surface area contributed by atoms with E-state index >= 15 is 0 Å². The summed E-state index contributed by atoms with van der Waals surface area (Å²) in [5.74, 6) is -0.208. The molecule has 1 fully saturated rings. The zero-order valence-corrected chi connectivity index (χ0v) is 8.02. The molecular weight excluding hydrogens is 189 g/mol. The molecule has 0 unspecified atom stereocenters. The zero-order valence-electron chi connectivity index (χ0n) is 7.26. The van der Waals surface area contributed by atoms with Crippen LogP contribution in [-0.4, -0.2) is 18.0 Å². The normalized spacial score (nSPS) is 17.1. The monoisotopic (exact) mass is 199 g/mol. The fourth-order valence-electron chi connectivity index (χ4n) is 1.45. The summed E-state index contributed by atoms with van der Waals surface area (Å²) in [4.78, 5) is 2.25. The van der Waals surface area contributed by atoms with Crippen molar-refractivity contribution in [1.29, 1.82) is 0 Å². The summed E-state index contributed by atoms with van der Waals surface area (Å²) in [6.45, 7) is 2.98. The van der Waals surface area contributed by atoms with E-state index < -0.39 is 0 Å². The lowest BCUT2D eigenvalue weighted by molar-refractivity contribution is 0.172. The highest BCUT2D eigenvalue weighted by Gasteiger charge is 2.15. The third-order valence-corrected chi connectivity index (χ3v) is 2.72. The second-order valence-corrected chi connectivity index (χ2v) is 3.77. The summed E-state index contributed by atoms with van der Waals surface area (Å²) < 4.78 is 12.8. The predicted molar refractivity (Wildman–Crippen MR) is 51.3 cm³/mol. The molecule has 0 radical (unpaired) electrons. The highest BCUT2D eigenvalue weighted by Crippen LogP contribution is 2.20. The average molecular weight is 200 g/mol. The number of nitrogens with zero attached hydrogens (tertiary/aromatic N) is 1. The molecular formula is C10H11ClFN. The Morgan fingerprint density at radius 2 is 2.15 bits per heavy atom. The van der Waals surface area contributed by atoms with Crippen molar-refractivity contribution in [2.75, 3.05) is 13.1 Å². The topological polar surface area (TPSA) is 3.24 Å². The van der Waals surface area contributed by atoms with Crippen LogP contribution in [0.4, 0.5) is 4.39 Å². The molecule has 0 aromatic heterocycles. The summed E-state index contributed by atoms with van der Waals surface area (Å²) in [5.41, 5.74) is 0.890. The van der Waals surface area contributed by atoms with Crippen LogP contribution in [0, 0.1) is 5.82 Å². The minimum absolute atomic E-state index is 0.208. The second-order valence-electron chi connectivity index (χ2n) is 3.37. The van der Waals surface area contributed by atoms with Gasteiger partial charge < -0.3 is 0 Å². The Hall–Kier alpha value is -0.600. The molecule has 0 saturated carbocycles. The molecule has 0 atom stereocenters. The smallest absolute Gasteiger partial charge is 0.123 e. The zero-order chi connectivity index (χ0) is 9.26. The lowest BCUT2D eigenvalue weighted by atomic mass is 10.1. The Morgan fingerprint density at radius 3 is 2.77 bits per heavy atom. The van der Waals surface area contributed by atoms with E-state index in [4.69, 9.17) is 11.6 Å². The minimum Gasteiger partial charge on any atom is -0.299 e. The Balaban J connectivity index is 2.13. The maximum Gasteiger partial charge on any atom is 0.123 e. The molecule has 13 heavy (non-hydrogen) atoms. The van der Waals surface area contributed by atoms with Crippen LogP contribution in [0.2, 0.25) is 5.02 Å². The third kappa shape index (κ3) is 2.01. The van der Waals surface area contributed by atoms with Crippen molar-refractivity contribution in [3.8, 4) is 0 Å². The standard InChI is InChI=1S/C10H11ClFN/c11-10-3-2-9(12)6-8(10)7-13-4-1-5-13/h2-3,6H,1,4-5,7H2. The van der Waals surface area contributed by atoms with Crippen molar-refractivity contribution in [2.24, 2.45) is 0 Å². The van der Waals surface area contributed by atoms with E-state index in [1.54, 1.807) is 6.07 Å². The van der Waals surface area contributed by atoms with Crippen molar-refractivity contribution in [3.05, 3.63) is 34.6 Å². The van der Waals surface area contributed by atoms with Gasteiger partial charge in [-0.15, -0.1) is 0 Å². The number of benzene rings is 1. The third-order valence-electron chi connectivity index (χ3n) is 2.35. The maximum absolute atomic E-state index is 12.8. The molecule has 70 valence electrons. The van der Waals surface area contributed by atoms with E-state index in [1.807, 2.05) is 0 Å². The molecule has 0 bridgehead atoms. The minimum atomic E-state index is -0.208. The number of likely N-dealkylation sites (tertiary alicyclic amines) is 1. The Labute approximate surface area is 82.1 Å². The van der Waals surface area contributed by atoms with Gasteiger partial charge in [-0.05, 0) is 43.3 Å². The summed E-state index contributed by atoms with van der Waals surface area (Å²) in [7, 11) is 0. The van der Waals surface area contributed by atoms with Gasteiger partial charge in [-0.1, -0.05) is 11.6 Å². The summed E-state index contributed by atoms with van der Waals surface area (Å²) >= 11 is 5.93. The maximum atomic E-state index is 12.8. The second kappa shape index (κ2) is 3.64. The molecule has 0 aliphatic carbocycles. The SMILES string of the molecule is Fc1ccc(Cl)c(CN2CCC2)c1. The fourth-order valence-corrected chi connectivity index (χ4v) is 1.62. The van der Waals surface area contributed by atoms with Gasteiger partial charge in [0.2, 0.25) is 0 Å². The molecule has 1 saturated heterocycles. The number of hydrogen-bond donors (Lipinski definition) is 0. The van der Waals surface area contributed by atoms with Gasteiger partial charge in [0.15, 0.2) is 0 Å². The quantitative estimate of drug-likeness (QED) is 0.708. The molecule has 1 aromatic carbocycles. The molecule has 1 aliphatic heterocycles. The Kier molecular flexibility index (Phi) is 2.51. The summed E-state index contributed by atoms with van der Waals surface area (Å²) in [6, 6.07) is 4.52. The van der Waals surface area contributed by atoms with Gasteiger partial charge >= 0.3 is 0 Å². The van der Waals surface area contributed by atoms with E-state index in [-0.39, 0.29) is 5.82 Å². The van der Waals surface area contributed by atoms with Gasteiger partial charge in [0.1, 0.15) is 5.82 Å². The molecule has 0 amide bonds. The molecule has 0 spiro atoms. The van der Waals surface area contributed by atoms with Crippen LogP contribution in [0.3, 0.4) is 0 Å². The lowest BCUT2D eigenvalue weighted by Gasteiger charge is -2.30. The van der Waals surface area contributed by atoms with Gasteiger partial charge in [-0.25, -0.2) is 4.39 Å². The number of rotatable bonds is 2. The Bertz CT molecular complexity index is 310. The molecule has 0 N–H and O–H groups in total. The molecule has 1 heterocycles. The van der Waals surface area contributed by atoms with Crippen LogP contribution >= 0.6 is 11.6 Å². The van der Waals surface area contributed by atoms with E-state index in [9.17, 15) is 4.39 Å². The molecule has 3 heteroatoms. The highest BCUT2D eigenvalue weighted by atomic mass is 35.5. The first-order chi connectivity index (χ1) is 6.25. The molecule has 1 nitrogen and oxygen atoms in total. The van der Waals surface area contributed by atoms with Gasteiger partial charge in [0.05, 0.1) is 0 Å². The van der Waals surface area contributed by atoms with Crippen LogP contribution in [0.25, 0.3) is 0 Å². The van der Waals surface area contributed by atoms with Gasteiger partial charge in [0.25, 0.3) is 0 Å². The first-order valence-corrected chi connectivity index (χ1v) is 4.80. The van der Waals surface area contributed by atoms with Crippen molar-refractivity contribution in [2.45, 2.75) is 13.0 Å². The number of hydrogen-bond acceptors (Lipinski definition) is 1. The van der Waals surface area contributed by atoms with Crippen LogP contribution < -0.4 is 0 Å². The lowest BCUT2D eigenvalue weighted by Crippen LogP contribution is -2.36. The van der Waals surface area contributed by atoms with E-state index in [2.05, 4.69) is 4.90 Å². The summed E-state index contributed by atoms with van der Waals surface area (Å²) in [5, 5.41) is 0.660. The van der Waals surface area contributed by atoms with E-state index in [0.717, 1.165) is 25.2 Å². The Morgan fingerprint density at radius 1 is 1.38 bits per heavy atom. The van der Waals surface area contributed by atoms with Crippen molar-refractivity contribution < 1.29 is 4.39 Å². The fraction of sp³-hybridized carbons (Fsp3) is 0.400. The average Bonchev–Trinajstić information content (AvgIpc) is 2.03. The van der Waals surface area contributed by atoms with E-state index in [0.29, 0.717) is 5.02 Å². The number of halogens is 2. The van der Waals surface area contributed by atoms with Crippen molar-refractivity contribution in [1.82, 2.24) is 4.90 Å². The van der Waals surface area contributed by atoms with Gasteiger partial charge in [-0.2, -0.15) is 0 Å². The largest absolute Gasteiger partial charge is 0.299 e. The van der Waals surface area contributed by atoms with Crippen LogP contribution in [0.5, 0.6) is 0 Å². The van der Waals surface area contributed by atoms with Crippen LogP contribution in [-0.2, 0) is 6.54 Å². The van der Waals surface area contributed by atoms with E-state index in [1.165, 1.54) is 18.6 Å². The molecule has 1 aliphatic rings. The molecule has 2 rings (SSSR count). The van der Waals surface area contributed by atoms with Crippen molar-refractivity contribution >= 4 is 11.6 Å².